The Kier molecular flexibility index (Phi) is 7.42. The average Bonchev–Trinajstić information content (AvgIpc) is 3.65. The third-order valence-electron chi connectivity index (χ3n) is 14.6. The summed E-state index contributed by atoms with van der Waals surface area (Å²) >= 11 is 0. The molecule has 0 N–H and O–H groups in total. The summed E-state index contributed by atoms with van der Waals surface area (Å²) in [6, 6.07) is 63.7. The second-order valence-electron chi connectivity index (χ2n) is 17.7. The van der Waals surface area contributed by atoms with E-state index in [1.54, 1.807) is 0 Å². The second-order valence-corrected chi connectivity index (χ2v) is 17.7. The van der Waals surface area contributed by atoms with Crippen LogP contribution in [0.1, 0.15) is 43.2 Å². The van der Waals surface area contributed by atoms with Crippen molar-refractivity contribution in [2.45, 2.75) is 37.5 Å². The lowest BCUT2D eigenvalue weighted by atomic mass is 9.41. The molecule has 1 spiro atoms. The van der Waals surface area contributed by atoms with Crippen LogP contribution >= 0.6 is 0 Å². The number of benzene rings is 7. The molecule has 7 aromatic carbocycles. The Morgan fingerprint density at radius 1 is 0.400 bits per heavy atom. The lowest BCUT2D eigenvalue weighted by Gasteiger charge is -2.64. The van der Waals surface area contributed by atoms with E-state index in [2.05, 4.69) is 179 Å². The fraction of sp³-hybridized carbons (Fsp3) is 0.182. The van der Waals surface area contributed by atoms with Crippen LogP contribution in [0.25, 0.3) is 61.7 Å². The van der Waals surface area contributed by atoms with E-state index in [4.69, 9.17) is 15.0 Å². The third kappa shape index (κ3) is 4.95. The Balaban J connectivity index is 1.01. The van der Waals surface area contributed by atoms with Gasteiger partial charge in [0.25, 0.3) is 0 Å². The average molecular weight is 774 g/mol. The van der Waals surface area contributed by atoms with Gasteiger partial charge in [0.05, 0.1) is 22.4 Å². The molecule has 0 amide bonds. The van der Waals surface area contributed by atoms with E-state index in [0.717, 1.165) is 34.2 Å². The van der Waals surface area contributed by atoms with Crippen LogP contribution in [0.2, 0.25) is 0 Å². The van der Waals surface area contributed by atoms with E-state index in [9.17, 15) is 0 Å². The predicted molar refractivity (Wildman–Crippen MR) is 243 cm³/mol. The molecular weight excluding hydrogens is 731 g/mol. The highest BCUT2D eigenvalue weighted by Crippen LogP contribution is 2.69. The molecule has 2 aromatic heterocycles. The van der Waals surface area contributed by atoms with Gasteiger partial charge in [0.2, 0.25) is 0 Å². The molecule has 3 heterocycles. The van der Waals surface area contributed by atoms with Crippen molar-refractivity contribution in [3.05, 3.63) is 187 Å². The molecule has 14 rings (SSSR count). The van der Waals surface area contributed by atoms with Crippen LogP contribution in [-0.4, -0.2) is 19.5 Å². The zero-order valence-electron chi connectivity index (χ0n) is 33.3. The van der Waals surface area contributed by atoms with Crippen LogP contribution in [0.15, 0.2) is 176 Å². The first-order valence-electron chi connectivity index (χ1n) is 21.7. The van der Waals surface area contributed by atoms with Crippen molar-refractivity contribution in [3.8, 4) is 39.9 Å². The van der Waals surface area contributed by atoms with Crippen molar-refractivity contribution < 1.29 is 0 Å². The predicted octanol–water partition coefficient (Wildman–Crippen LogP) is 13.5. The molecule has 0 saturated heterocycles. The first-order chi connectivity index (χ1) is 29.7. The Morgan fingerprint density at radius 2 is 0.917 bits per heavy atom. The molecule has 1 aliphatic heterocycles. The molecule has 5 aliphatic rings. The number of nitrogens with zero attached hydrogens (tertiary/aromatic N) is 5. The zero-order chi connectivity index (χ0) is 39.4. The minimum absolute atomic E-state index is 0.00410. The highest BCUT2D eigenvalue weighted by atomic mass is 15.2. The summed E-state index contributed by atoms with van der Waals surface area (Å²) in [6.45, 7) is 0. The molecule has 5 nitrogen and oxygen atoms in total. The van der Waals surface area contributed by atoms with Crippen molar-refractivity contribution in [1.82, 2.24) is 19.5 Å². The van der Waals surface area contributed by atoms with Crippen molar-refractivity contribution in [2.75, 3.05) is 4.90 Å². The van der Waals surface area contributed by atoms with Gasteiger partial charge in [-0.2, -0.15) is 0 Å². The van der Waals surface area contributed by atoms with Crippen LogP contribution in [0.5, 0.6) is 0 Å². The van der Waals surface area contributed by atoms with E-state index in [1.165, 1.54) is 82.1 Å². The van der Waals surface area contributed by atoms with Crippen molar-refractivity contribution in [1.29, 1.82) is 0 Å². The molecule has 4 fully saturated rings. The molecule has 288 valence electrons. The number of hydrogen-bond donors (Lipinski definition) is 0. The van der Waals surface area contributed by atoms with Gasteiger partial charge in [-0.05, 0) is 115 Å². The summed E-state index contributed by atoms with van der Waals surface area (Å²) in [5.74, 6) is 5.03. The van der Waals surface area contributed by atoms with Gasteiger partial charge in [-0.1, -0.05) is 127 Å². The van der Waals surface area contributed by atoms with Gasteiger partial charge in [0, 0.05) is 44.3 Å². The van der Waals surface area contributed by atoms with Crippen molar-refractivity contribution in [3.63, 3.8) is 0 Å². The normalized spacial score (nSPS) is 22.4. The first kappa shape index (κ1) is 34.1. The Labute approximate surface area is 350 Å². The van der Waals surface area contributed by atoms with Crippen molar-refractivity contribution >= 4 is 38.9 Å². The minimum atomic E-state index is -0.00410. The smallest absolute Gasteiger partial charge is 0.164 e. The molecule has 0 atom stereocenters. The Morgan fingerprint density at radius 3 is 1.60 bits per heavy atom. The highest BCUT2D eigenvalue weighted by Gasteiger charge is 2.61. The number of rotatable bonds is 5. The van der Waals surface area contributed by atoms with Crippen LogP contribution in [0.4, 0.5) is 17.1 Å². The van der Waals surface area contributed by atoms with E-state index in [0.29, 0.717) is 29.3 Å². The lowest BCUT2D eigenvalue weighted by molar-refractivity contribution is -0.0419. The Hall–Kier alpha value is -6.85. The third-order valence-corrected chi connectivity index (χ3v) is 14.6. The van der Waals surface area contributed by atoms with Crippen LogP contribution < -0.4 is 4.90 Å². The van der Waals surface area contributed by atoms with Crippen LogP contribution in [-0.2, 0) is 5.41 Å². The van der Waals surface area contributed by atoms with Gasteiger partial charge in [-0.15, -0.1) is 0 Å². The quantitative estimate of drug-likeness (QED) is 0.175. The largest absolute Gasteiger partial charge is 0.310 e. The summed E-state index contributed by atoms with van der Waals surface area (Å²) in [7, 11) is 0. The summed E-state index contributed by atoms with van der Waals surface area (Å²) in [6.07, 6.45) is 6.76. The van der Waals surface area contributed by atoms with Gasteiger partial charge in [-0.3, -0.25) is 0 Å². The number of aromatic nitrogens is 4. The van der Waals surface area contributed by atoms with Crippen LogP contribution in [0.3, 0.4) is 0 Å². The van der Waals surface area contributed by atoms with E-state index >= 15 is 0 Å². The van der Waals surface area contributed by atoms with Gasteiger partial charge in [0.1, 0.15) is 0 Å². The molecule has 0 unspecified atom stereocenters. The molecule has 9 aromatic rings. The van der Waals surface area contributed by atoms with E-state index in [1.807, 2.05) is 6.07 Å². The van der Waals surface area contributed by atoms with Crippen LogP contribution in [0, 0.1) is 23.7 Å². The standard InChI is InChI=1S/C55H43N5/c1-3-14-37(15-4-1)52-56-53(38-16-13-19-43(33-38)60-48-23-10-7-20-44(48)45-21-8-11-24-49(45)60)58-54(57-52)39-26-27-47-51(34-39)59(42-17-5-2-6-18-42)50-25-12-9-22-46(50)55(47)40-29-35-28-36(31-40)32-41(55)30-35/h1-27,33-36,40-41H,28-32H2. The zero-order valence-corrected chi connectivity index (χ0v) is 33.3. The SMILES string of the molecule is c1ccc(-c2nc(-c3cccc(-n4c5ccccc5c5ccccc54)c3)nc(-c3ccc4c(c3)N(c3ccccc3)c3ccccc3C43C4CC5CC(C4)CC3C5)n2)cc1. The van der Waals surface area contributed by atoms with E-state index in [-0.39, 0.29) is 5.41 Å². The topological polar surface area (TPSA) is 46.8 Å². The lowest BCUT2D eigenvalue weighted by Crippen LogP contribution is -2.57. The first-order valence-corrected chi connectivity index (χ1v) is 21.7. The maximum absolute atomic E-state index is 5.36. The molecule has 5 heteroatoms. The monoisotopic (exact) mass is 773 g/mol. The van der Waals surface area contributed by atoms with Gasteiger partial charge in [0.15, 0.2) is 17.5 Å². The fourth-order valence-corrected chi connectivity index (χ4v) is 12.5. The van der Waals surface area contributed by atoms with Crippen molar-refractivity contribution in [2.24, 2.45) is 23.7 Å². The fourth-order valence-electron chi connectivity index (χ4n) is 12.5. The molecule has 60 heavy (non-hydrogen) atoms. The second kappa shape index (κ2) is 13.1. The summed E-state index contributed by atoms with van der Waals surface area (Å²) < 4.78 is 2.35. The minimum Gasteiger partial charge on any atom is -0.310 e. The molecular formula is C55H43N5. The molecule has 4 bridgehead atoms. The van der Waals surface area contributed by atoms with Gasteiger partial charge >= 0.3 is 0 Å². The van der Waals surface area contributed by atoms with Gasteiger partial charge < -0.3 is 9.47 Å². The molecule has 4 aliphatic carbocycles. The van der Waals surface area contributed by atoms with E-state index < -0.39 is 0 Å². The number of para-hydroxylation sites is 4. The number of hydrogen-bond acceptors (Lipinski definition) is 4. The number of fused-ring (bicyclic) bond motifs is 5. The molecule has 0 radical (unpaired) electrons. The number of anilines is 3. The highest BCUT2D eigenvalue weighted by molar-refractivity contribution is 6.09. The summed E-state index contributed by atoms with van der Waals surface area (Å²) in [4.78, 5) is 18.4. The molecule has 4 saturated carbocycles. The maximum atomic E-state index is 5.36. The Bertz CT molecular complexity index is 3050. The summed E-state index contributed by atoms with van der Waals surface area (Å²) in [5.41, 5.74) is 13.0. The maximum Gasteiger partial charge on any atom is 0.164 e. The van der Waals surface area contributed by atoms with Gasteiger partial charge in [-0.25, -0.2) is 15.0 Å². The summed E-state index contributed by atoms with van der Waals surface area (Å²) in [5, 5.41) is 2.48.